The zero-order valence-corrected chi connectivity index (χ0v) is 20.2. The number of nitrogens with one attached hydrogen (secondary N) is 1. The summed E-state index contributed by atoms with van der Waals surface area (Å²) >= 11 is 5.42. The maximum absolute atomic E-state index is 13.1. The molecule has 1 aromatic carbocycles. The molecule has 8 heteroatoms. The van der Waals surface area contributed by atoms with Gasteiger partial charge in [-0.3, -0.25) is 14.8 Å². The third-order valence-electron chi connectivity index (χ3n) is 7.33. The van der Waals surface area contributed by atoms with Gasteiger partial charge in [-0.05, 0) is 70.1 Å². The molecule has 0 unspecified atom stereocenters. The minimum atomic E-state index is -0.105. The van der Waals surface area contributed by atoms with Crippen LogP contribution in [-0.2, 0) is 13.0 Å². The minimum Gasteiger partial charge on any atom is -0.342 e. The van der Waals surface area contributed by atoms with E-state index >= 15 is 0 Å². The average Bonchev–Trinajstić information content (AvgIpc) is 3.44. The first kappa shape index (κ1) is 20.3. The van der Waals surface area contributed by atoms with E-state index in [1.807, 2.05) is 25.1 Å². The van der Waals surface area contributed by atoms with Gasteiger partial charge in [0.1, 0.15) is 0 Å². The number of nitrogens with two attached hydrogens (primary N) is 1. The number of H-pyrrole nitrogens is 1. The molecule has 1 saturated heterocycles. The number of rotatable bonds is 2. The number of halogens is 1. The highest BCUT2D eigenvalue weighted by Gasteiger charge is 2.47. The summed E-state index contributed by atoms with van der Waals surface area (Å²) < 4.78 is 1.17. The monoisotopic (exact) mass is 509 g/mol. The average molecular weight is 510 g/mol. The van der Waals surface area contributed by atoms with Crippen molar-refractivity contribution in [3.8, 4) is 0 Å². The Morgan fingerprint density at radius 3 is 2.88 bits per heavy atom. The number of aryl methyl sites for hydroxylation is 1. The maximum Gasteiger partial charge on any atom is 0.262 e. The van der Waals surface area contributed by atoms with Crippen LogP contribution in [0.15, 0.2) is 43.2 Å². The number of fused-ring (bicyclic) bond motifs is 2. The van der Waals surface area contributed by atoms with Crippen LogP contribution < -0.4 is 16.2 Å². The predicted octanol–water partition coefficient (Wildman–Crippen LogP) is 4.10. The van der Waals surface area contributed by atoms with Gasteiger partial charge in [0.2, 0.25) is 5.95 Å². The van der Waals surface area contributed by atoms with Crippen LogP contribution in [0.25, 0.3) is 0 Å². The number of thiophene rings is 1. The molecule has 2 aromatic heterocycles. The number of aromatic nitrogens is 2. The van der Waals surface area contributed by atoms with Crippen LogP contribution in [0.3, 0.4) is 0 Å². The van der Waals surface area contributed by atoms with E-state index in [4.69, 9.17) is 10.7 Å². The Morgan fingerprint density at radius 2 is 2.12 bits per heavy atom. The quantitative estimate of drug-likeness (QED) is 0.544. The van der Waals surface area contributed by atoms with Crippen molar-refractivity contribution in [2.24, 2.45) is 16.1 Å². The van der Waals surface area contributed by atoms with Crippen molar-refractivity contribution in [2.75, 3.05) is 18.0 Å². The summed E-state index contributed by atoms with van der Waals surface area (Å²) in [5.74, 6) is 0.659. The molecule has 0 radical (unpaired) electrons. The van der Waals surface area contributed by atoms with Gasteiger partial charge >= 0.3 is 0 Å². The summed E-state index contributed by atoms with van der Waals surface area (Å²) in [6.07, 6.45) is 3.03. The molecule has 6 nitrogen and oxygen atoms in total. The Hall–Kier alpha value is -2.29. The number of benzene rings is 1. The Balaban J connectivity index is 1.24. The van der Waals surface area contributed by atoms with E-state index in [-0.39, 0.29) is 17.0 Å². The SMILES string of the molecule is Cc1cccc(C2=NCc3nc(N4CCC5(CC4)Cc4csc(Br)c4[C@H]5N)[nH]c(=O)c32)c1. The molecular formula is C24H24BrN5OS. The lowest BCUT2D eigenvalue weighted by molar-refractivity contribution is 0.186. The third kappa shape index (κ3) is 3.03. The van der Waals surface area contributed by atoms with Crippen LogP contribution in [0.2, 0.25) is 0 Å². The number of piperidine rings is 1. The Labute approximate surface area is 198 Å². The molecule has 6 rings (SSSR count). The van der Waals surface area contributed by atoms with Crippen LogP contribution in [0.5, 0.6) is 0 Å². The Kier molecular flexibility index (Phi) is 4.68. The molecule has 3 aromatic rings. The molecule has 1 spiro atoms. The van der Waals surface area contributed by atoms with Gasteiger partial charge in [-0.1, -0.05) is 23.8 Å². The first-order valence-electron chi connectivity index (χ1n) is 11.0. The molecule has 2 aliphatic heterocycles. The van der Waals surface area contributed by atoms with Crippen LogP contribution in [0.4, 0.5) is 5.95 Å². The van der Waals surface area contributed by atoms with Crippen molar-refractivity contribution in [1.82, 2.24) is 9.97 Å². The smallest absolute Gasteiger partial charge is 0.262 e. The third-order valence-corrected chi connectivity index (χ3v) is 9.15. The summed E-state index contributed by atoms with van der Waals surface area (Å²) in [5, 5.41) is 2.24. The summed E-state index contributed by atoms with van der Waals surface area (Å²) in [6, 6.07) is 8.17. The maximum atomic E-state index is 13.1. The van der Waals surface area contributed by atoms with Gasteiger partial charge in [0.25, 0.3) is 5.56 Å². The summed E-state index contributed by atoms with van der Waals surface area (Å²) in [4.78, 5) is 27.8. The first-order valence-corrected chi connectivity index (χ1v) is 12.6. The molecule has 1 aliphatic carbocycles. The molecule has 1 atom stereocenters. The summed E-state index contributed by atoms with van der Waals surface area (Å²) in [6.45, 7) is 4.17. The Bertz CT molecular complexity index is 1320. The minimum absolute atomic E-state index is 0.0672. The van der Waals surface area contributed by atoms with Gasteiger partial charge in [-0.25, -0.2) is 4.98 Å². The van der Waals surface area contributed by atoms with Gasteiger partial charge in [-0.2, -0.15) is 0 Å². The second-order valence-electron chi connectivity index (χ2n) is 9.20. The highest BCUT2D eigenvalue weighted by Crippen LogP contribution is 2.54. The second kappa shape index (κ2) is 7.37. The van der Waals surface area contributed by atoms with Crippen molar-refractivity contribution >= 4 is 38.9 Å². The van der Waals surface area contributed by atoms with E-state index in [0.29, 0.717) is 18.1 Å². The number of aliphatic imine (C=N–C) groups is 1. The van der Waals surface area contributed by atoms with E-state index in [1.54, 1.807) is 11.3 Å². The van der Waals surface area contributed by atoms with Gasteiger partial charge < -0.3 is 10.6 Å². The topological polar surface area (TPSA) is 87.4 Å². The summed E-state index contributed by atoms with van der Waals surface area (Å²) in [5.41, 5.74) is 13.7. The standard InChI is InChI=1S/C24H24BrN5OS/c1-13-3-2-4-14(9-13)19-18-16(11-27-19)28-23(29-22(18)31)30-7-5-24(6-8-30)10-15-12-32-21(25)17(15)20(24)26/h2-4,9,12,20H,5-8,10-11,26H2,1H3,(H,28,29,31)/t20-/m1/s1. The number of anilines is 1. The van der Waals surface area contributed by atoms with Crippen LogP contribution in [0, 0.1) is 12.3 Å². The fraction of sp³-hybridized carbons (Fsp3) is 0.375. The largest absolute Gasteiger partial charge is 0.342 e. The normalized spacial score (nSPS) is 21.0. The fourth-order valence-corrected chi connectivity index (χ4v) is 7.18. The highest BCUT2D eigenvalue weighted by molar-refractivity contribution is 9.11. The molecule has 3 N–H and O–H groups in total. The van der Waals surface area contributed by atoms with E-state index in [9.17, 15) is 4.79 Å². The molecule has 0 saturated carbocycles. The fourth-order valence-electron chi connectivity index (χ4n) is 5.56. The number of aromatic amines is 1. The van der Waals surface area contributed by atoms with E-state index in [0.717, 1.165) is 54.9 Å². The van der Waals surface area contributed by atoms with Gasteiger partial charge in [0.05, 0.1) is 27.3 Å². The van der Waals surface area contributed by atoms with E-state index < -0.39 is 0 Å². The van der Waals surface area contributed by atoms with Gasteiger partial charge in [-0.15, -0.1) is 11.3 Å². The molecule has 3 aliphatic rings. The van der Waals surface area contributed by atoms with Crippen molar-refractivity contribution in [3.63, 3.8) is 0 Å². The van der Waals surface area contributed by atoms with Crippen LogP contribution in [0.1, 0.15) is 52.4 Å². The second-order valence-corrected chi connectivity index (χ2v) is 11.4. The lowest BCUT2D eigenvalue weighted by atomic mass is 9.73. The predicted molar refractivity (Wildman–Crippen MR) is 132 cm³/mol. The Morgan fingerprint density at radius 1 is 1.31 bits per heavy atom. The van der Waals surface area contributed by atoms with Crippen molar-refractivity contribution < 1.29 is 0 Å². The summed E-state index contributed by atoms with van der Waals surface area (Å²) in [7, 11) is 0. The first-order chi connectivity index (χ1) is 15.4. The molecule has 32 heavy (non-hydrogen) atoms. The molecule has 0 bridgehead atoms. The molecule has 1 fully saturated rings. The van der Waals surface area contributed by atoms with Crippen LogP contribution >= 0.6 is 27.3 Å². The number of hydrogen-bond acceptors (Lipinski definition) is 6. The highest BCUT2D eigenvalue weighted by atomic mass is 79.9. The zero-order chi connectivity index (χ0) is 22.0. The van der Waals surface area contributed by atoms with Crippen molar-refractivity contribution in [1.29, 1.82) is 0 Å². The molecule has 164 valence electrons. The van der Waals surface area contributed by atoms with Gasteiger partial charge in [0.15, 0.2) is 0 Å². The lowest BCUT2D eigenvalue weighted by Gasteiger charge is -2.42. The zero-order valence-electron chi connectivity index (χ0n) is 17.8. The van der Waals surface area contributed by atoms with Gasteiger partial charge in [0, 0.05) is 24.7 Å². The van der Waals surface area contributed by atoms with E-state index in [2.05, 4.69) is 42.3 Å². The molecule has 0 amide bonds. The number of nitrogens with zero attached hydrogens (tertiary/aromatic N) is 3. The van der Waals surface area contributed by atoms with E-state index in [1.165, 1.54) is 14.9 Å². The van der Waals surface area contributed by atoms with Crippen molar-refractivity contribution in [3.05, 3.63) is 77.3 Å². The van der Waals surface area contributed by atoms with Crippen LogP contribution in [-0.4, -0.2) is 28.8 Å². The van der Waals surface area contributed by atoms with Crippen molar-refractivity contribution in [2.45, 2.75) is 38.8 Å². The lowest BCUT2D eigenvalue weighted by Crippen LogP contribution is -2.45. The molecule has 4 heterocycles. The molecular weight excluding hydrogens is 486 g/mol. The number of hydrogen-bond donors (Lipinski definition) is 2.